The van der Waals surface area contributed by atoms with Gasteiger partial charge >= 0.3 is 17.9 Å². The van der Waals surface area contributed by atoms with Crippen LogP contribution in [0.1, 0.15) is 81.9 Å². The average Bonchev–Trinajstić information content (AvgIpc) is 3.07. The number of carbonyl (C=O) groups is 3. The minimum atomic E-state index is -2.74. The SMILES string of the molecule is CCN(CC)CCCCCCCCOc1ccc(/C(=C(/Cl)c2ccccc2)c2ccccc2)cc1.O=C(O)CC(O)(CC(=O)O)C(=O)O. The highest BCUT2D eigenvalue weighted by Gasteiger charge is 2.40. The van der Waals surface area contributed by atoms with E-state index in [0.29, 0.717) is 0 Å². The number of aliphatic carboxylic acids is 3. The zero-order valence-electron chi connectivity index (χ0n) is 27.8. The highest BCUT2D eigenvalue weighted by molar-refractivity contribution is 6.53. The molecule has 0 heterocycles. The summed E-state index contributed by atoms with van der Waals surface area (Å²) in [6.45, 7) is 8.83. The fraction of sp³-hybridized carbons (Fsp3) is 0.395. The number of ether oxygens (including phenoxy) is 1. The average molecular weight is 682 g/mol. The van der Waals surface area contributed by atoms with Crippen LogP contribution in [-0.2, 0) is 14.4 Å². The predicted molar refractivity (Wildman–Crippen MR) is 189 cm³/mol. The number of hydrogen-bond acceptors (Lipinski definition) is 6. The Hall–Kier alpha value is -4.18. The lowest BCUT2D eigenvalue weighted by molar-refractivity contribution is -0.170. The third-order valence-corrected chi connectivity index (χ3v) is 8.18. The minimum Gasteiger partial charge on any atom is -0.494 e. The second-order valence-electron chi connectivity index (χ2n) is 11.4. The van der Waals surface area contributed by atoms with Crippen LogP contribution in [0.3, 0.4) is 0 Å². The van der Waals surface area contributed by atoms with Crippen LogP contribution < -0.4 is 4.74 Å². The van der Waals surface area contributed by atoms with Gasteiger partial charge in [-0.25, -0.2) is 4.79 Å². The van der Waals surface area contributed by atoms with Crippen LogP contribution >= 0.6 is 11.6 Å². The van der Waals surface area contributed by atoms with E-state index in [9.17, 15) is 14.4 Å². The fourth-order valence-corrected chi connectivity index (χ4v) is 5.40. The molecule has 10 heteroatoms. The Bertz CT molecular complexity index is 1410. The van der Waals surface area contributed by atoms with Crippen molar-refractivity contribution in [2.45, 2.75) is 70.8 Å². The van der Waals surface area contributed by atoms with Gasteiger partial charge in [0.05, 0.1) is 24.5 Å². The summed E-state index contributed by atoms with van der Waals surface area (Å²) in [6, 6.07) is 28.8. The molecular formula is C38H48ClNO8. The van der Waals surface area contributed by atoms with E-state index >= 15 is 0 Å². The Morgan fingerprint density at radius 2 is 1.12 bits per heavy atom. The maximum Gasteiger partial charge on any atom is 0.336 e. The molecule has 0 saturated heterocycles. The van der Waals surface area contributed by atoms with Gasteiger partial charge in [-0.05, 0) is 61.3 Å². The summed E-state index contributed by atoms with van der Waals surface area (Å²) >= 11 is 6.92. The minimum absolute atomic E-state index is 0.752. The second kappa shape index (κ2) is 21.6. The number of carboxylic acids is 3. The molecule has 0 bridgehead atoms. The Kier molecular flexibility index (Phi) is 18.0. The van der Waals surface area contributed by atoms with Crippen molar-refractivity contribution in [3.8, 4) is 5.75 Å². The van der Waals surface area contributed by atoms with E-state index in [1.807, 2.05) is 48.5 Å². The highest BCUT2D eigenvalue weighted by atomic mass is 35.5. The Labute approximate surface area is 288 Å². The molecule has 3 aromatic carbocycles. The van der Waals surface area contributed by atoms with E-state index < -0.39 is 36.4 Å². The van der Waals surface area contributed by atoms with E-state index in [2.05, 4.69) is 55.1 Å². The van der Waals surface area contributed by atoms with Gasteiger partial charge in [0.1, 0.15) is 5.75 Å². The van der Waals surface area contributed by atoms with Gasteiger partial charge in [0.15, 0.2) is 5.60 Å². The van der Waals surface area contributed by atoms with E-state index in [1.54, 1.807) is 0 Å². The van der Waals surface area contributed by atoms with Crippen LogP contribution in [0.25, 0.3) is 10.6 Å². The number of benzene rings is 3. The van der Waals surface area contributed by atoms with Crippen molar-refractivity contribution >= 4 is 40.1 Å². The highest BCUT2D eigenvalue weighted by Crippen LogP contribution is 2.35. The summed E-state index contributed by atoms with van der Waals surface area (Å²) in [4.78, 5) is 33.0. The first-order chi connectivity index (χ1) is 23.0. The zero-order chi connectivity index (χ0) is 35.4. The van der Waals surface area contributed by atoms with Crippen molar-refractivity contribution < 1.29 is 39.5 Å². The summed E-state index contributed by atoms with van der Waals surface area (Å²) in [6.07, 6.45) is 5.32. The van der Waals surface area contributed by atoms with Gasteiger partial charge < -0.3 is 30.1 Å². The molecule has 0 aromatic heterocycles. The summed E-state index contributed by atoms with van der Waals surface area (Å²) in [5.41, 5.74) is 1.50. The first-order valence-electron chi connectivity index (χ1n) is 16.4. The number of aliphatic hydroxyl groups is 1. The normalized spacial score (nSPS) is 11.7. The number of rotatable bonds is 20. The number of nitrogens with zero attached hydrogens (tertiary/aromatic N) is 1. The number of halogens is 1. The Balaban J connectivity index is 0.000000521. The van der Waals surface area contributed by atoms with E-state index in [4.69, 9.17) is 36.8 Å². The molecular weight excluding hydrogens is 634 g/mol. The van der Waals surface area contributed by atoms with E-state index in [1.165, 1.54) is 51.7 Å². The third kappa shape index (κ3) is 14.3. The molecule has 0 aliphatic rings. The molecule has 0 radical (unpaired) electrons. The molecule has 48 heavy (non-hydrogen) atoms. The first-order valence-corrected chi connectivity index (χ1v) is 16.7. The molecule has 0 fully saturated rings. The molecule has 0 aliphatic heterocycles. The van der Waals surface area contributed by atoms with Gasteiger partial charge in [0.25, 0.3) is 0 Å². The van der Waals surface area contributed by atoms with Gasteiger partial charge in [-0.1, -0.05) is 124 Å². The smallest absolute Gasteiger partial charge is 0.336 e. The van der Waals surface area contributed by atoms with Crippen LogP contribution in [0, 0.1) is 0 Å². The topological polar surface area (TPSA) is 145 Å². The number of hydrogen-bond donors (Lipinski definition) is 4. The summed E-state index contributed by atoms with van der Waals surface area (Å²) in [7, 11) is 0. The van der Waals surface area contributed by atoms with Crippen molar-refractivity contribution in [2.75, 3.05) is 26.2 Å². The van der Waals surface area contributed by atoms with Gasteiger partial charge in [-0.2, -0.15) is 0 Å². The molecule has 0 unspecified atom stereocenters. The molecule has 0 saturated carbocycles. The van der Waals surface area contributed by atoms with E-state index in [0.717, 1.165) is 46.1 Å². The summed E-state index contributed by atoms with van der Waals surface area (Å²) in [5.74, 6) is -4.11. The molecule has 3 aromatic rings. The lowest BCUT2D eigenvalue weighted by Crippen LogP contribution is -2.42. The maximum atomic E-state index is 10.3. The Morgan fingerprint density at radius 1 is 0.667 bits per heavy atom. The molecule has 3 rings (SSSR count). The molecule has 0 aliphatic carbocycles. The molecule has 0 amide bonds. The van der Waals surface area contributed by atoms with Crippen LogP contribution in [0.15, 0.2) is 84.9 Å². The van der Waals surface area contributed by atoms with Crippen LogP contribution in [0.4, 0.5) is 0 Å². The largest absolute Gasteiger partial charge is 0.494 e. The maximum absolute atomic E-state index is 10.3. The van der Waals surface area contributed by atoms with Crippen LogP contribution in [0.5, 0.6) is 5.75 Å². The first kappa shape index (κ1) is 40.0. The number of carboxylic acid groups (broad SMARTS) is 3. The van der Waals surface area contributed by atoms with Crippen molar-refractivity contribution in [3.05, 3.63) is 102 Å². The third-order valence-electron chi connectivity index (χ3n) is 7.77. The van der Waals surface area contributed by atoms with Crippen molar-refractivity contribution in [2.24, 2.45) is 0 Å². The number of unbranched alkanes of at least 4 members (excludes halogenated alkanes) is 5. The summed E-state index contributed by atoms with van der Waals surface area (Å²) in [5, 5.41) is 34.6. The monoisotopic (exact) mass is 681 g/mol. The Morgan fingerprint density at radius 3 is 1.60 bits per heavy atom. The standard InChI is InChI=1S/C32H40ClNO.C6H8O7/c1-3-34(4-2)25-15-7-5-6-8-16-26-35-30-23-21-28(22-24-30)31(27-17-11-9-12-18-27)32(33)29-19-13-10-14-20-29;7-3(8)1-6(13,5(11)12)2-4(9)10/h9-14,17-24H,3-8,15-16,25-26H2,1-2H3;13H,1-2H2,(H,7,8)(H,9,10)(H,11,12)/b32-31+;. The lowest BCUT2D eigenvalue weighted by Gasteiger charge is -2.18. The molecule has 9 nitrogen and oxygen atoms in total. The fourth-order valence-electron chi connectivity index (χ4n) is 5.06. The molecule has 260 valence electrons. The zero-order valence-corrected chi connectivity index (χ0v) is 28.6. The van der Waals surface area contributed by atoms with Crippen LogP contribution in [-0.4, -0.2) is 75.1 Å². The van der Waals surface area contributed by atoms with E-state index in [-0.39, 0.29) is 0 Å². The van der Waals surface area contributed by atoms with Crippen molar-refractivity contribution in [3.63, 3.8) is 0 Å². The van der Waals surface area contributed by atoms with Crippen LogP contribution in [0.2, 0.25) is 0 Å². The van der Waals surface area contributed by atoms with Gasteiger partial charge in [0, 0.05) is 5.57 Å². The molecule has 0 atom stereocenters. The summed E-state index contributed by atoms with van der Waals surface area (Å²) < 4.78 is 6.02. The van der Waals surface area contributed by atoms with Gasteiger partial charge in [-0.15, -0.1) is 0 Å². The predicted octanol–water partition coefficient (Wildman–Crippen LogP) is 7.65. The lowest BCUT2D eigenvalue weighted by atomic mass is 9.95. The van der Waals surface area contributed by atoms with Crippen molar-refractivity contribution in [1.82, 2.24) is 4.90 Å². The molecule has 0 spiro atoms. The van der Waals surface area contributed by atoms with Gasteiger partial charge in [-0.3, -0.25) is 9.59 Å². The quantitative estimate of drug-likeness (QED) is 0.0698. The van der Waals surface area contributed by atoms with Crippen molar-refractivity contribution in [1.29, 1.82) is 0 Å². The van der Waals surface area contributed by atoms with Gasteiger partial charge in [0.2, 0.25) is 0 Å². The second-order valence-corrected chi connectivity index (χ2v) is 11.8. The molecule has 4 N–H and O–H groups in total.